The van der Waals surface area contributed by atoms with Crippen LogP contribution in [-0.2, 0) is 26.0 Å². The number of benzene rings is 2. The van der Waals surface area contributed by atoms with Crippen molar-refractivity contribution in [3.8, 4) is 0 Å². The first-order valence-corrected chi connectivity index (χ1v) is 15.7. The zero-order valence-corrected chi connectivity index (χ0v) is 25.4. The van der Waals surface area contributed by atoms with Crippen molar-refractivity contribution < 1.29 is 22.8 Å². The molecule has 3 aliphatic rings. The van der Waals surface area contributed by atoms with Gasteiger partial charge in [-0.15, -0.1) is 0 Å². The second-order valence-electron chi connectivity index (χ2n) is 11.4. The SMILES string of the molecule is Cc1cc(N2C(=O)NC(=O)C2(C)C)cc(C)c1CCS(=O)(=O)N1CCC2(CC1)N[C@@H](c1cccc(Br)c1)NC2=O. The lowest BCUT2D eigenvalue weighted by atomic mass is 9.88. The monoisotopic (exact) mass is 631 g/mol. The third-order valence-corrected chi connectivity index (χ3v) is 10.7. The summed E-state index contributed by atoms with van der Waals surface area (Å²) in [7, 11) is -3.56. The maximum atomic E-state index is 13.3. The maximum Gasteiger partial charge on any atom is 0.329 e. The van der Waals surface area contributed by atoms with Crippen LogP contribution in [0.15, 0.2) is 40.9 Å². The van der Waals surface area contributed by atoms with Gasteiger partial charge in [-0.1, -0.05) is 28.1 Å². The van der Waals surface area contributed by atoms with Crippen LogP contribution in [0, 0.1) is 13.8 Å². The molecule has 3 fully saturated rings. The van der Waals surface area contributed by atoms with Gasteiger partial charge in [0.1, 0.15) is 17.2 Å². The lowest BCUT2D eigenvalue weighted by Gasteiger charge is -2.37. The Labute approximate surface area is 243 Å². The topological polar surface area (TPSA) is 128 Å². The molecule has 4 amide bonds. The standard InChI is InChI=1S/C28H34BrN5O5S/c1-17-14-21(34-26(37)31-24(35)27(34,3)4)15-18(2)22(17)8-13-40(38,39)33-11-9-28(10-12-33)25(36)30-23(32-28)19-6-5-7-20(29)16-19/h5-7,14-16,23,32H,8-13H2,1-4H3,(H,30,36)(H,31,35,37)/t23-/m0/s1. The lowest BCUT2D eigenvalue weighted by molar-refractivity contribution is -0.125. The molecule has 0 aromatic heterocycles. The minimum atomic E-state index is -3.56. The van der Waals surface area contributed by atoms with Gasteiger partial charge in [0.15, 0.2) is 0 Å². The number of hydrogen-bond donors (Lipinski definition) is 3. The zero-order valence-electron chi connectivity index (χ0n) is 23.0. The molecule has 5 rings (SSSR count). The number of anilines is 1. The van der Waals surface area contributed by atoms with E-state index in [9.17, 15) is 22.8 Å². The number of rotatable bonds is 6. The average molecular weight is 633 g/mol. The summed E-state index contributed by atoms with van der Waals surface area (Å²) < 4.78 is 29.1. The quantitative estimate of drug-likeness (QED) is 0.421. The highest BCUT2D eigenvalue weighted by molar-refractivity contribution is 9.10. The van der Waals surface area contributed by atoms with Crippen LogP contribution in [0.1, 0.15) is 55.1 Å². The van der Waals surface area contributed by atoms with E-state index in [1.807, 2.05) is 50.2 Å². The summed E-state index contributed by atoms with van der Waals surface area (Å²) in [5.41, 5.74) is 2.34. The fraction of sp³-hybridized carbons (Fsp3) is 0.464. The number of piperidine rings is 1. The molecular weight excluding hydrogens is 598 g/mol. The first-order valence-electron chi connectivity index (χ1n) is 13.3. The van der Waals surface area contributed by atoms with Crippen LogP contribution in [0.3, 0.4) is 0 Å². The molecule has 214 valence electrons. The van der Waals surface area contributed by atoms with Crippen LogP contribution in [0.25, 0.3) is 0 Å². The Bertz CT molecular complexity index is 1480. The summed E-state index contributed by atoms with van der Waals surface area (Å²) in [5.74, 6) is -0.521. The van der Waals surface area contributed by atoms with Gasteiger partial charge in [0.2, 0.25) is 15.9 Å². The summed E-state index contributed by atoms with van der Waals surface area (Å²) >= 11 is 3.47. The van der Waals surface area contributed by atoms with Gasteiger partial charge in [-0.3, -0.25) is 25.1 Å². The Morgan fingerprint density at radius 1 is 1.00 bits per heavy atom. The largest absolute Gasteiger partial charge is 0.335 e. The highest BCUT2D eigenvalue weighted by atomic mass is 79.9. The number of carbonyl (C=O) groups excluding carboxylic acids is 3. The van der Waals surface area contributed by atoms with Gasteiger partial charge in [-0.05, 0) is 93.5 Å². The van der Waals surface area contributed by atoms with Crippen LogP contribution in [0.2, 0.25) is 0 Å². The smallest absolute Gasteiger partial charge is 0.329 e. The molecule has 2 aromatic carbocycles. The van der Waals surface area contributed by atoms with E-state index in [-0.39, 0.29) is 36.8 Å². The van der Waals surface area contributed by atoms with Crippen molar-refractivity contribution in [3.05, 3.63) is 63.1 Å². The zero-order chi connectivity index (χ0) is 29.0. The molecule has 2 aromatic rings. The Morgan fingerprint density at radius 2 is 1.65 bits per heavy atom. The highest BCUT2D eigenvalue weighted by Gasteiger charge is 2.50. The minimum absolute atomic E-state index is 0.0600. The molecule has 10 nitrogen and oxygen atoms in total. The first kappa shape index (κ1) is 28.7. The molecule has 12 heteroatoms. The van der Waals surface area contributed by atoms with Crippen molar-refractivity contribution in [1.82, 2.24) is 20.3 Å². The summed E-state index contributed by atoms with van der Waals surface area (Å²) in [5, 5.41) is 8.80. The third-order valence-electron chi connectivity index (χ3n) is 8.37. The van der Waals surface area contributed by atoms with E-state index < -0.39 is 27.1 Å². The second-order valence-corrected chi connectivity index (χ2v) is 14.4. The van der Waals surface area contributed by atoms with Gasteiger partial charge in [0.05, 0.1) is 5.75 Å². The molecule has 0 aliphatic carbocycles. The molecule has 40 heavy (non-hydrogen) atoms. The highest BCUT2D eigenvalue weighted by Crippen LogP contribution is 2.34. The maximum absolute atomic E-state index is 13.3. The van der Waals surface area contributed by atoms with E-state index in [2.05, 4.69) is 31.9 Å². The lowest BCUT2D eigenvalue weighted by Crippen LogP contribution is -2.55. The summed E-state index contributed by atoms with van der Waals surface area (Å²) in [6, 6.07) is 10.9. The van der Waals surface area contributed by atoms with E-state index in [1.54, 1.807) is 13.8 Å². The number of aryl methyl sites for hydroxylation is 2. The number of imide groups is 1. The van der Waals surface area contributed by atoms with E-state index in [0.29, 0.717) is 24.9 Å². The van der Waals surface area contributed by atoms with Crippen molar-refractivity contribution in [2.45, 2.75) is 64.2 Å². The number of hydrogen-bond acceptors (Lipinski definition) is 6. The Kier molecular flexibility index (Phi) is 7.35. The Balaban J connectivity index is 1.24. The molecule has 1 atom stereocenters. The summed E-state index contributed by atoms with van der Waals surface area (Å²) in [6.07, 6.45) is 0.779. The molecule has 1 spiro atoms. The second kappa shape index (κ2) is 10.2. The predicted octanol–water partition coefficient (Wildman–Crippen LogP) is 3.03. The molecule has 3 N–H and O–H groups in total. The van der Waals surface area contributed by atoms with Crippen LogP contribution in [0.4, 0.5) is 10.5 Å². The normalized spacial score (nSPS) is 22.6. The molecule has 0 saturated carbocycles. The van der Waals surface area contributed by atoms with Crippen LogP contribution >= 0.6 is 15.9 Å². The summed E-state index contributed by atoms with van der Waals surface area (Å²) in [4.78, 5) is 39.0. The number of carbonyl (C=O) groups is 3. The molecule has 3 heterocycles. The molecule has 3 saturated heterocycles. The molecule has 3 aliphatic heterocycles. The van der Waals surface area contributed by atoms with Crippen molar-refractivity contribution in [1.29, 1.82) is 0 Å². The van der Waals surface area contributed by atoms with Gasteiger partial charge in [-0.2, -0.15) is 0 Å². The number of amides is 4. The van der Waals surface area contributed by atoms with Crippen molar-refractivity contribution >= 4 is 49.5 Å². The van der Waals surface area contributed by atoms with Gasteiger partial charge in [0, 0.05) is 23.2 Å². The number of urea groups is 1. The summed E-state index contributed by atoms with van der Waals surface area (Å²) in [6.45, 7) is 7.67. The van der Waals surface area contributed by atoms with E-state index >= 15 is 0 Å². The van der Waals surface area contributed by atoms with Crippen LogP contribution in [-0.4, -0.2) is 60.5 Å². The Hall–Kier alpha value is -2.80. The van der Waals surface area contributed by atoms with Crippen molar-refractivity contribution in [2.24, 2.45) is 0 Å². The van der Waals surface area contributed by atoms with E-state index in [4.69, 9.17) is 0 Å². The fourth-order valence-electron chi connectivity index (χ4n) is 5.97. The van der Waals surface area contributed by atoms with Crippen LogP contribution < -0.4 is 20.9 Å². The Morgan fingerprint density at radius 3 is 2.23 bits per heavy atom. The van der Waals surface area contributed by atoms with Crippen molar-refractivity contribution in [2.75, 3.05) is 23.7 Å². The van der Waals surface area contributed by atoms with Crippen LogP contribution in [0.5, 0.6) is 0 Å². The fourth-order valence-corrected chi connectivity index (χ4v) is 7.85. The van der Waals surface area contributed by atoms with Gasteiger partial charge < -0.3 is 5.32 Å². The minimum Gasteiger partial charge on any atom is -0.335 e. The number of nitrogens with zero attached hydrogens (tertiary/aromatic N) is 2. The first-order chi connectivity index (χ1) is 18.7. The number of sulfonamides is 1. The number of halogens is 1. The van der Waals surface area contributed by atoms with Gasteiger partial charge >= 0.3 is 6.03 Å². The van der Waals surface area contributed by atoms with E-state index in [1.165, 1.54) is 9.21 Å². The molecular formula is C28H34BrN5O5S. The van der Waals surface area contributed by atoms with E-state index in [0.717, 1.165) is 26.7 Å². The van der Waals surface area contributed by atoms with Gasteiger partial charge in [0.25, 0.3) is 5.91 Å². The molecule has 0 unspecified atom stereocenters. The average Bonchev–Trinajstić information content (AvgIpc) is 3.29. The van der Waals surface area contributed by atoms with Gasteiger partial charge in [-0.25, -0.2) is 17.5 Å². The predicted molar refractivity (Wildman–Crippen MR) is 155 cm³/mol. The molecule has 0 bridgehead atoms. The number of nitrogens with one attached hydrogen (secondary N) is 3. The molecule has 0 radical (unpaired) electrons. The van der Waals surface area contributed by atoms with Crippen molar-refractivity contribution in [3.63, 3.8) is 0 Å². The third kappa shape index (κ3) is 5.06.